The molecular formula is C18H24ClN5O. The van der Waals surface area contributed by atoms with E-state index in [1.165, 1.54) is 5.56 Å². The summed E-state index contributed by atoms with van der Waals surface area (Å²) in [5, 5.41) is 8.08. The molecule has 2 aromatic rings. The summed E-state index contributed by atoms with van der Waals surface area (Å²) >= 11 is 5.87. The lowest BCUT2D eigenvalue weighted by Crippen LogP contribution is -2.49. The van der Waals surface area contributed by atoms with E-state index in [1.807, 2.05) is 21.7 Å². The van der Waals surface area contributed by atoms with Crippen LogP contribution < -0.4 is 5.32 Å². The van der Waals surface area contributed by atoms with Crippen LogP contribution in [-0.4, -0.2) is 51.8 Å². The van der Waals surface area contributed by atoms with Crippen LogP contribution in [0.4, 0.5) is 10.5 Å². The van der Waals surface area contributed by atoms with Crippen LogP contribution in [0.3, 0.4) is 0 Å². The Balaban J connectivity index is 1.50. The molecule has 1 aliphatic heterocycles. The van der Waals surface area contributed by atoms with Crippen molar-refractivity contribution in [1.29, 1.82) is 0 Å². The molecule has 0 radical (unpaired) electrons. The molecule has 7 heteroatoms. The van der Waals surface area contributed by atoms with Crippen molar-refractivity contribution in [2.24, 2.45) is 0 Å². The molecule has 0 bridgehead atoms. The number of nitrogens with one attached hydrogen (secondary N) is 1. The minimum absolute atomic E-state index is 0.0584. The molecule has 0 unspecified atom stereocenters. The van der Waals surface area contributed by atoms with Crippen molar-refractivity contribution < 1.29 is 4.79 Å². The number of aromatic nitrogens is 2. The van der Waals surface area contributed by atoms with Crippen molar-refractivity contribution in [1.82, 2.24) is 19.6 Å². The summed E-state index contributed by atoms with van der Waals surface area (Å²) in [5.74, 6) is 0. The maximum absolute atomic E-state index is 12.4. The summed E-state index contributed by atoms with van der Waals surface area (Å²) in [6.07, 6.45) is 2.12. The van der Waals surface area contributed by atoms with Gasteiger partial charge in [0.2, 0.25) is 0 Å². The van der Waals surface area contributed by atoms with Crippen LogP contribution in [-0.2, 0) is 13.1 Å². The molecule has 2 heterocycles. The fraction of sp³-hybridized carbons (Fsp3) is 0.444. The number of piperazine rings is 1. The lowest BCUT2D eigenvalue weighted by atomic mass is 10.2. The third-order valence-electron chi connectivity index (χ3n) is 4.52. The molecule has 1 saturated heterocycles. The number of carbonyl (C=O) groups is 1. The summed E-state index contributed by atoms with van der Waals surface area (Å²) in [4.78, 5) is 16.6. The zero-order valence-corrected chi connectivity index (χ0v) is 15.5. The van der Waals surface area contributed by atoms with E-state index in [1.54, 1.807) is 12.1 Å². The molecule has 0 atom stereocenters. The number of carbonyl (C=O) groups excluding carboxylic acids is 1. The van der Waals surface area contributed by atoms with Crippen molar-refractivity contribution in [3.63, 3.8) is 0 Å². The van der Waals surface area contributed by atoms with Crippen LogP contribution in [0.15, 0.2) is 30.5 Å². The summed E-state index contributed by atoms with van der Waals surface area (Å²) in [6, 6.07) is 7.11. The van der Waals surface area contributed by atoms with Gasteiger partial charge in [0, 0.05) is 61.7 Å². The highest BCUT2D eigenvalue weighted by molar-refractivity contribution is 6.30. The van der Waals surface area contributed by atoms with Crippen LogP contribution in [0.2, 0.25) is 5.02 Å². The fourth-order valence-corrected chi connectivity index (χ4v) is 3.09. The minimum Gasteiger partial charge on any atom is -0.322 e. The average Bonchev–Trinajstić information content (AvgIpc) is 2.97. The van der Waals surface area contributed by atoms with Crippen LogP contribution in [0.1, 0.15) is 18.2 Å². The molecule has 134 valence electrons. The Hall–Kier alpha value is -2.05. The van der Waals surface area contributed by atoms with E-state index < -0.39 is 0 Å². The third-order valence-corrected chi connectivity index (χ3v) is 4.77. The van der Waals surface area contributed by atoms with Gasteiger partial charge in [-0.3, -0.25) is 9.58 Å². The van der Waals surface area contributed by atoms with Gasteiger partial charge in [0.25, 0.3) is 0 Å². The molecule has 0 aliphatic carbocycles. The summed E-state index contributed by atoms with van der Waals surface area (Å²) in [5.41, 5.74) is 3.12. The number of urea groups is 1. The number of amides is 2. The van der Waals surface area contributed by atoms with Crippen LogP contribution in [0.5, 0.6) is 0 Å². The monoisotopic (exact) mass is 361 g/mol. The predicted molar refractivity (Wildman–Crippen MR) is 100.0 cm³/mol. The highest BCUT2D eigenvalue weighted by atomic mass is 35.5. The van der Waals surface area contributed by atoms with Gasteiger partial charge in [0.1, 0.15) is 0 Å². The predicted octanol–water partition coefficient (Wildman–Crippen LogP) is 3.21. The maximum Gasteiger partial charge on any atom is 0.321 e. The van der Waals surface area contributed by atoms with Crippen molar-refractivity contribution in [3.8, 4) is 0 Å². The molecular weight excluding hydrogens is 338 g/mol. The Labute approximate surface area is 153 Å². The van der Waals surface area contributed by atoms with E-state index in [0.717, 1.165) is 50.6 Å². The Bertz CT molecular complexity index is 720. The fourth-order valence-electron chi connectivity index (χ4n) is 2.96. The number of anilines is 1. The first kappa shape index (κ1) is 17.8. The van der Waals surface area contributed by atoms with Crippen LogP contribution in [0, 0.1) is 6.92 Å². The van der Waals surface area contributed by atoms with E-state index in [-0.39, 0.29) is 6.03 Å². The smallest absolute Gasteiger partial charge is 0.321 e. The van der Waals surface area contributed by atoms with E-state index >= 15 is 0 Å². The molecule has 1 aliphatic rings. The second kappa shape index (κ2) is 7.89. The maximum atomic E-state index is 12.4. The number of aryl methyl sites for hydroxylation is 2. The quantitative estimate of drug-likeness (QED) is 0.909. The van der Waals surface area contributed by atoms with E-state index in [9.17, 15) is 4.79 Å². The lowest BCUT2D eigenvalue weighted by molar-refractivity contribution is 0.143. The highest BCUT2D eigenvalue weighted by Crippen LogP contribution is 2.15. The third kappa shape index (κ3) is 4.52. The number of rotatable bonds is 4. The molecule has 1 fully saturated rings. The van der Waals surface area contributed by atoms with E-state index in [0.29, 0.717) is 5.02 Å². The normalized spacial score (nSPS) is 15.4. The van der Waals surface area contributed by atoms with Gasteiger partial charge in [-0.1, -0.05) is 11.6 Å². The Morgan fingerprint density at radius 1 is 1.20 bits per heavy atom. The number of halogens is 1. The van der Waals surface area contributed by atoms with Crippen molar-refractivity contribution >= 4 is 23.3 Å². The molecule has 1 aromatic carbocycles. The Kier molecular flexibility index (Phi) is 5.60. The molecule has 1 N–H and O–H groups in total. The molecule has 2 amide bonds. The van der Waals surface area contributed by atoms with Crippen molar-refractivity contribution in [2.75, 3.05) is 31.5 Å². The summed E-state index contributed by atoms with van der Waals surface area (Å²) < 4.78 is 1.97. The van der Waals surface area contributed by atoms with E-state index in [4.69, 9.17) is 11.6 Å². The first-order valence-electron chi connectivity index (χ1n) is 8.62. The van der Waals surface area contributed by atoms with Gasteiger partial charge >= 0.3 is 6.03 Å². The number of nitrogens with zero attached hydrogens (tertiary/aromatic N) is 4. The van der Waals surface area contributed by atoms with Gasteiger partial charge in [0.05, 0.1) is 5.69 Å². The standard InChI is InChI=1S/C18H24ClN5O/c1-3-24-13-15(14(2)21-24)12-22-8-10-23(11-9-22)18(25)20-17-6-4-16(19)5-7-17/h4-7,13H,3,8-12H2,1-2H3,(H,20,25). The SMILES string of the molecule is CCn1cc(CN2CCN(C(=O)Nc3ccc(Cl)cc3)CC2)c(C)n1. The molecule has 0 saturated carbocycles. The van der Waals surface area contributed by atoms with Gasteiger partial charge in [-0.25, -0.2) is 4.79 Å². The second-order valence-corrected chi connectivity index (χ2v) is 6.73. The van der Waals surface area contributed by atoms with Gasteiger partial charge in [-0.15, -0.1) is 0 Å². The molecule has 1 aromatic heterocycles. The Morgan fingerprint density at radius 2 is 1.88 bits per heavy atom. The number of hydrogen-bond donors (Lipinski definition) is 1. The highest BCUT2D eigenvalue weighted by Gasteiger charge is 2.22. The summed E-state index contributed by atoms with van der Waals surface area (Å²) in [7, 11) is 0. The molecule has 0 spiro atoms. The van der Waals surface area contributed by atoms with Gasteiger partial charge < -0.3 is 10.2 Å². The number of benzene rings is 1. The van der Waals surface area contributed by atoms with Crippen molar-refractivity contribution in [3.05, 3.63) is 46.7 Å². The van der Waals surface area contributed by atoms with Gasteiger partial charge in [0.15, 0.2) is 0 Å². The van der Waals surface area contributed by atoms with E-state index in [2.05, 4.69) is 35.4 Å². The molecule has 3 rings (SSSR count). The topological polar surface area (TPSA) is 53.4 Å². The molecule has 25 heavy (non-hydrogen) atoms. The minimum atomic E-state index is -0.0584. The first-order chi connectivity index (χ1) is 12.0. The molecule has 6 nitrogen and oxygen atoms in total. The van der Waals surface area contributed by atoms with Gasteiger partial charge in [-0.05, 0) is 38.1 Å². The lowest BCUT2D eigenvalue weighted by Gasteiger charge is -2.34. The van der Waals surface area contributed by atoms with Crippen LogP contribution >= 0.6 is 11.6 Å². The largest absolute Gasteiger partial charge is 0.322 e. The zero-order chi connectivity index (χ0) is 17.8. The zero-order valence-electron chi connectivity index (χ0n) is 14.7. The van der Waals surface area contributed by atoms with Gasteiger partial charge in [-0.2, -0.15) is 5.10 Å². The first-order valence-corrected chi connectivity index (χ1v) is 8.99. The number of hydrogen-bond acceptors (Lipinski definition) is 3. The second-order valence-electron chi connectivity index (χ2n) is 6.30. The van der Waals surface area contributed by atoms with Crippen LogP contribution in [0.25, 0.3) is 0 Å². The average molecular weight is 362 g/mol. The Morgan fingerprint density at radius 3 is 2.48 bits per heavy atom. The summed E-state index contributed by atoms with van der Waals surface area (Å²) in [6.45, 7) is 9.10. The van der Waals surface area contributed by atoms with Crippen molar-refractivity contribution in [2.45, 2.75) is 26.9 Å².